The molecule has 0 saturated heterocycles. The highest BCUT2D eigenvalue weighted by molar-refractivity contribution is 5.89. The van der Waals surface area contributed by atoms with Crippen LogP contribution in [0.2, 0.25) is 0 Å². The van der Waals surface area contributed by atoms with Crippen LogP contribution in [0.15, 0.2) is 54.9 Å². The minimum Gasteiger partial charge on any atom is -0.465 e. The first-order chi connectivity index (χ1) is 14.7. The standard InChI is InChI=1S/C23H25N5O2/c1-30-22(29)16-9-11-19(12-10-16)25-21-14-20(17-6-5-13-24-15-17)27-23(28-21)26-18-7-3-2-4-8-18/h5-6,9-15,18H,2-4,7-8H2,1H3,(H2,25,26,27,28). The predicted octanol–water partition coefficient (Wildman–Crippen LogP) is 4.81. The number of rotatable bonds is 6. The van der Waals surface area contributed by atoms with Crippen LogP contribution in [0, 0.1) is 0 Å². The molecule has 0 bridgehead atoms. The van der Waals surface area contributed by atoms with Crippen LogP contribution in [-0.2, 0) is 4.74 Å². The number of aromatic nitrogens is 3. The van der Waals surface area contributed by atoms with E-state index in [0.717, 1.165) is 29.8 Å². The van der Waals surface area contributed by atoms with Crippen molar-refractivity contribution >= 4 is 23.4 Å². The van der Waals surface area contributed by atoms with Crippen molar-refractivity contribution in [1.29, 1.82) is 0 Å². The number of ether oxygens (including phenoxy) is 1. The molecule has 1 aromatic carbocycles. The van der Waals surface area contributed by atoms with Crippen LogP contribution in [-0.4, -0.2) is 34.1 Å². The zero-order valence-corrected chi connectivity index (χ0v) is 17.0. The molecule has 1 fully saturated rings. The second-order valence-corrected chi connectivity index (χ2v) is 7.38. The van der Waals surface area contributed by atoms with Gasteiger partial charge >= 0.3 is 5.97 Å². The predicted molar refractivity (Wildman–Crippen MR) is 117 cm³/mol. The Hall–Kier alpha value is -3.48. The Morgan fingerprint density at radius 3 is 2.57 bits per heavy atom. The van der Waals surface area contributed by atoms with Gasteiger partial charge in [0, 0.05) is 35.8 Å². The zero-order chi connectivity index (χ0) is 20.8. The number of methoxy groups -OCH3 is 1. The van der Waals surface area contributed by atoms with E-state index in [2.05, 4.69) is 20.6 Å². The maximum absolute atomic E-state index is 11.6. The first kappa shape index (κ1) is 19.8. The normalized spacial score (nSPS) is 14.2. The third kappa shape index (κ3) is 4.92. The zero-order valence-electron chi connectivity index (χ0n) is 17.0. The van der Waals surface area contributed by atoms with Gasteiger partial charge in [-0.2, -0.15) is 4.98 Å². The molecule has 7 heteroatoms. The van der Waals surface area contributed by atoms with Crippen molar-refractivity contribution in [2.45, 2.75) is 38.1 Å². The summed E-state index contributed by atoms with van der Waals surface area (Å²) in [5.41, 5.74) is 3.05. The molecule has 154 valence electrons. The molecule has 0 radical (unpaired) electrons. The molecule has 0 aliphatic heterocycles. The number of pyridine rings is 1. The van der Waals surface area contributed by atoms with E-state index < -0.39 is 0 Å². The highest BCUT2D eigenvalue weighted by Crippen LogP contribution is 2.26. The lowest BCUT2D eigenvalue weighted by atomic mass is 9.96. The molecule has 0 amide bonds. The minimum absolute atomic E-state index is 0.360. The van der Waals surface area contributed by atoms with Gasteiger partial charge in [-0.05, 0) is 49.2 Å². The highest BCUT2D eigenvalue weighted by Gasteiger charge is 2.16. The number of carbonyl (C=O) groups excluding carboxylic acids is 1. The number of esters is 1. The average molecular weight is 403 g/mol. The number of hydrogen-bond donors (Lipinski definition) is 2. The summed E-state index contributed by atoms with van der Waals surface area (Å²) in [6.07, 6.45) is 9.57. The first-order valence-corrected chi connectivity index (χ1v) is 10.2. The summed E-state index contributed by atoms with van der Waals surface area (Å²) in [7, 11) is 1.37. The monoisotopic (exact) mass is 403 g/mol. The van der Waals surface area contributed by atoms with Gasteiger partial charge in [0.15, 0.2) is 0 Å². The molecule has 0 unspecified atom stereocenters. The van der Waals surface area contributed by atoms with Crippen molar-refractivity contribution < 1.29 is 9.53 Å². The molecule has 7 nitrogen and oxygen atoms in total. The van der Waals surface area contributed by atoms with Crippen molar-refractivity contribution in [1.82, 2.24) is 15.0 Å². The Morgan fingerprint density at radius 1 is 1.07 bits per heavy atom. The second-order valence-electron chi connectivity index (χ2n) is 7.38. The molecule has 0 atom stereocenters. The van der Waals surface area contributed by atoms with E-state index in [0.29, 0.717) is 23.4 Å². The Kier molecular flexibility index (Phi) is 6.17. The van der Waals surface area contributed by atoms with Gasteiger partial charge in [-0.1, -0.05) is 19.3 Å². The fraction of sp³-hybridized carbons (Fsp3) is 0.304. The number of carbonyl (C=O) groups is 1. The minimum atomic E-state index is -0.360. The lowest BCUT2D eigenvalue weighted by Crippen LogP contribution is -2.23. The van der Waals surface area contributed by atoms with Gasteiger partial charge in [-0.25, -0.2) is 9.78 Å². The summed E-state index contributed by atoms with van der Waals surface area (Å²) >= 11 is 0. The van der Waals surface area contributed by atoms with E-state index in [9.17, 15) is 4.79 Å². The van der Waals surface area contributed by atoms with Crippen LogP contribution in [0.1, 0.15) is 42.5 Å². The Morgan fingerprint density at radius 2 is 1.87 bits per heavy atom. The Balaban J connectivity index is 1.60. The second kappa shape index (κ2) is 9.35. The van der Waals surface area contributed by atoms with Crippen LogP contribution >= 0.6 is 0 Å². The summed E-state index contributed by atoms with van der Waals surface area (Å²) in [6, 6.07) is 13.3. The quantitative estimate of drug-likeness (QED) is 0.571. The lowest BCUT2D eigenvalue weighted by molar-refractivity contribution is 0.0601. The average Bonchev–Trinajstić information content (AvgIpc) is 2.80. The van der Waals surface area contributed by atoms with Crippen LogP contribution in [0.4, 0.5) is 17.5 Å². The van der Waals surface area contributed by atoms with Gasteiger partial charge in [-0.15, -0.1) is 0 Å². The van der Waals surface area contributed by atoms with Crippen molar-refractivity contribution in [2.75, 3.05) is 17.7 Å². The SMILES string of the molecule is COC(=O)c1ccc(Nc2cc(-c3cccnc3)nc(NC3CCCCC3)n2)cc1. The van der Waals surface area contributed by atoms with E-state index in [1.807, 2.05) is 30.3 Å². The molecule has 0 spiro atoms. The fourth-order valence-electron chi connectivity index (χ4n) is 3.62. The molecule has 1 saturated carbocycles. The number of nitrogens with zero attached hydrogens (tertiary/aromatic N) is 3. The summed E-state index contributed by atoms with van der Waals surface area (Å²) in [4.78, 5) is 25.3. The van der Waals surface area contributed by atoms with Crippen molar-refractivity contribution in [2.24, 2.45) is 0 Å². The Bertz CT molecular complexity index is 986. The molecule has 3 aromatic rings. The van der Waals surface area contributed by atoms with Crippen molar-refractivity contribution in [3.05, 3.63) is 60.4 Å². The van der Waals surface area contributed by atoms with Crippen molar-refractivity contribution in [3.63, 3.8) is 0 Å². The van der Waals surface area contributed by atoms with Crippen LogP contribution < -0.4 is 10.6 Å². The van der Waals surface area contributed by atoms with Crippen LogP contribution in [0.5, 0.6) is 0 Å². The number of anilines is 3. The summed E-state index contributed by atoms with van der Waals surface area (Å²) in [5.74, 6) is 0.923. The molecular formula is C23H25N5O2. The van der Waals surface area contributed by atoms with Gasteiger partial charge < -0.3 is 15.4 Å². The van der Waals surface area contributed by atoms with Gasteiger partial charge in [0.1, 0.15) is 5.82 Å². The van der Waals surface area contributed by atoms with E-state index in [1.54, 1.807) is 24.5 Å². The smallest absolute Gasteiger partial charge is 0.337 e. The lowest BCUT2D eigenvalue weighted by Gasteiger charge is -2.23. The summed E-state index contributed by atoms with van der Waals surface area (Å²) in [5, 5.41) is 6.82. The third-order valence-corrected chi connectivity index (χ3v) is 5.20. The van der Waals surface area contributed by atoms with E-state index in [4.69, 9.17) is 9.72 Å². The van der Waals surface area contributed by atoms with Gasteiger partial charge in [0.2, 0.25) is 5.95 Å². The molecule has 1 aliphatic rings. The molecular weight excluding hydrogens is 378 g/mol. The van der Waals surface area contributed by atoms with E-state index in [1.165, 1.54) is 26.4 Å². The van der Waals surface area contributed by atoms with Crippen LogP contribution in [0.3, 0.4) is 0 Å². The maximum atomic E-state index is 11.6. The van der Waals surface area contributed by atoms with Crippen LogP contribution in [0.25, 0.3) is 11.3 Å². The maximum Gasteiger partial charge on any atom is 0.337 e. The molecule has 2 N–H and O–H groups in total. The topological polar surface area (TPSA) is 89.0 Å². The summed E-state index contributed by atoms with van der Waals surface area (Å²) in [6.45, 7) is 0. The molecule has 2 aromatic heterocycles. The number of nitrogens with one attached hydrogen (secondary N) is 2. The van der Waals surface area contributed by atoms with Gasteiger partial charge in [0.25, 0.3) is 0 Å². The van der Waals surface area contributed by atoms with Crippen molar-refractivity contribution in [3.8, 4) is 11.3 Å². The molecule has 30 heavy (non-hydrogen) atoms. The van der Waals surface area contributed by atoms with Gasteiger partial charge in [0.05, 0.1) is 18.4 Å². The molecule has 1 aliphatic carbocycles. The summed E-state index contributed by atoms with van der Waals surface area (Å²) < 4.78 is 4.75. The number of hydrogen-bond acceptors (Lipinski definition) is 7. The highest BCUT2D eigenvalue weighted by atomic mass is 16.5. The molecule has 2 heterocycles. The van der Waals surface area contributed by atoms with E-state index >= 15 is 0 Å². The Labute approximate surface area is 175 Å². The largest absolute Gasteiger partial charge is 0.465 e. The fourth-order valence-corrected chi connectivity index (χ4v) is 3.62. The first-order valence-electron chi connectivity index (χ1n) is 10.2. The third-order valence-electron chi connectivity index (χ3n) is 5.20. The molecule has 4 rings (SSSR count). The number of benzene rings is 1. The van der Waals surface area contributed by atoms with E-state index in [-0.39, 0.29) is 5.97 Å². The van der Waals surface area contributed by atoms with Gasteiger partial charge in [-0.3, -0.25) is 4.98 Å².